The van der Waals surface area contributed by atoms with Crippen LogP contribution in [0.15, 0.2) is 30.5 Å². The molecule has 1 saturated heterocycles. The summed E-state index contributed by atoms with van der Waals surface area (Å²) in [4.78, 5) is 10.6. The van der Waals surface area contributed by atoms with E-state index in [2.05, 4.69) is 34.0 Å². The van der Waals surface area contributed by atoms with E-state index in [-0.39, 0.29) is 0 Å². The number of aromatic nitrogens is 1. The average Bonchev–Trinajstić information content (AvgIpc) is 3.03. The molecule has 2 heterocycles. The molecule has 1 fully saturated rings. The molecule has 0 saturated carbocycles. The summed E-state index contributed by atoms with van der Waals surface area (Å²) in [6.07, 6.45) is 4.36. The third-order valence-electron chi connectivity index (χ3n) is 4.68. The molecule has 2 aromatic rings. The summed E-state index contributed by atoms with van der Waals surface area (Å²) < 4.78 is 5.46. The monoisotopic (exact) mass is 379 g/mol. The van der Waals surface area contributed by atoms with E-state index in [1.807, 2.05) is 25.3 Å². The predicted octanol–water partition coefficient (Wildman–Crippen LogP) is 4.29. The highest BCUT2D eigenvalue weighted by Gasteiger charge is 2.23. The standard InChI is InChI=1S/C19H26ClN3OS/c1-3-24-19-21-12-18(25-19)14-23-9-7-17(8-10-23)22(2)13-15-5-4-6-16(20)11-15/h4-6,11-12,17H,3,7-10,13-14H2,1-2H3. The summed E-state index contributed by atoms with van der Waals surface area (Å²) in [5, 5.41) is 1.60. The third kappa shape index (κ3) is 5.42. The van der Waals surface area contributed by atoms with Gasteiger partial charge < -0.3 is 4.74 Å². The Labute approximate surface area is 159 Å². The maximum absolute atomic E-state index is 6.09. The molecule has 0 aliphatic carbocycles. The zero-order valence-corrected chi connectivity index (χ0v) is 16.5. The minimum atomic E-state index is 0.635. The maximum Gasteiger partial charge on any atom is 0.273 e. The van der Waals surface area contributed by atoms with Gasteiger partial charge in [-0.2, -0.15) is 0 Å². The molecular formula is C19H26ClN3OS. The highest BCUT2D eigenvalue weighted by atomic mass is 35.5. The summed E-state index contributed by atoms with van der Waals surface area (Å²) in [5.74, 6) is 0. The van der Waals surface area contributed by atoms with Crippen molar-refractivity contribution in [3.05, 3.63) is 45.9 Å². The van der Waals surface area contributed by atoms with Crippen LogP contribution in [0.5, 0.6) is 5.19 Å². The molecule has 0 radical (unpaired) electrons. The quantitative estimate of drug-likeness (QED) is 0.717. The number of thiazole rings is 1. The lowest BCUT2D eigenvalue weighted by Crippen LogP contribution is -2.42. The van der Waals surface area contributed by atoms with E-state index in [4.69, 9.17) is 16.3 Å². The molecule has 136 valence electrons. The van der Waals surface area contributed by atoms with E-state index < -0.39 is 0 Å². The van der Waals surface area contributed by atoms with Crippen LogP contribution in [0, 0.1) is 0 Å². The first-order chi connectivity index (χ1) is 12.1. The maximum atomic E-state index is 6.09. The van der Waals surface area contributed by atoms with Crippen molar-refractivity contribution in [2.45, 2.75) is 38.9 Å². The summed E-state index contributed by atoms with van der Waals surface area (Å²) in [7, 11) is 2.22. The van der Waals surface area contributed by atoms with E-state index in [9.17, 15) is 0 Å². The Bertz CT molecular complexity index is 670. The number of likely N-dealkylation sites (tertiary alicyclic amines) is 1. The van der Waals surface area contributed by atoms with Crippen LogP contribution in [0.25, 0.3) is 0 Å². The topological polar surface area (TPSA) is 28.6 Å². The Balaban J connectivity index is 1.46. The van der Waals surface area contributed by atoms with E-state index in [0.29, 0.717) is 12.6 Å². The van der Waals surface area contributed by atoms with Crippen LogP contribution in [0.2, 0.25) is 5.02 Å². The van der Waals surface area contributed by atoms with Crippen molar-refractivity contribution in [2.75, 3.05) is 26.7 Å². The van der Waals surface area contributed by atoms with Crippen LogP contribution in [0.4, 0.5) is 0 Å². The minimum absolute atomic E-state index is 0.635. The fourth-order valence-electron chi connectivity index (χ4n) is 3.34. The molecule has 25 heavy (non-hydrogen) atoms. The van der Waals surface area contributed by atoms with Crippen LogP contribution in [0.3, 0.4) is 0 Å². The van der Waals surface area contributed by atoms with Crippen LogP contribution in [-0.2, 0) is 13.1 Å². The fraction of sp³-hybridized carbons (Fsp3) is 0.526. The number of rotatable bonds is 7. The fourth-order valence-corrected chi connectivity index (χ4v) is 4.42. The molecular weight excluding hydrogens is 354 g/mol. The van der Waals surface area contributed by atoms with Gasteiger partial charge >= 0.3 is 0 Å². The van der Waals surface area contributed by atoms with E-state index in [1.54, 1.807) is 11.3 Å². The predicted molar refractivity (Wildman–Crippen MR) is 105 cm³/mol. The van der Waals surface area contributed by atoms with Gasteiger partial charge in [-0.25, -0.2) is 4.98 Å². The van der Waals surface area contributed by atoms with Gasteiger partial charge in [-0.15, -0.1) is 0 Å². The Kier molecular flexibility index (Phi) is 6.70. The summed E-state index contributed by atoms with van der Waals surface area (Å²) >= 11 is 7.76. The Hall–Kier alpha value is -1.14. The average molecular weight is 380 g/mol. The first-order valence-corrected chi connectivity index (χ1v) is 10.1. The number of benzene rings is 1. The Morgan fingerprint density at radius 1 is 1.36 bits per heavy atom. The van der Waals surface area contributed by atoms with E-state index >= 15 is 0 Å². The number of hydrogen-bond donors (Lipinski definition) is 0. The molecule has 6 heteroatoms. The first kappa shape index (κ1) is 18.6. The lowest BCUT2D eigenvalue weighted by atomic mass is 10.0. The molecule has 3 rings (SSSR count). The molecule has 1 aliphatic rings. The molecule has 0 atom stereocenters. The number of nitrogens with zero attached hydrogens (tertiary/aromatic N) is 3. The number of hydrogen-bond acceptors (Lipinski definition) is 5. The minimum Gasteiger partial charge on any atom is -0.470 e. The van der Waals surface area contributed by atoms with Gasteiger partial charge in [0.15, 0.2) is 0 Å². The molecule has 0 N–H and O–H groups in total. The first-order valence-electron chi connectivity index (χ1n) is 8.88. The van der Waals surface area contributed by atoms with Crippen molar-refractivity contribution < 1.29 is 4.74 Å². The molecule has 4 nitrogen and oxygen atoms in total. The van der Waals surface area contributed by atoms with Crippen molar-refractivity contribution in [1.29, 1.82) is 0 Å². The molecule has 1 aromatic carbocycles. The van der Waals surface area contributed by atoms with Crippen molar-refractivity contribution in [1.82, 2.24) is 14.8 Å². The summed E-state index contributed by atoms with van der Waals surface area (Å²) in [5.41, 5.74) is 1.28. The highest BCUT2D eigenvalue weighted by molar-refractivity contribution is 7.13. The second kappa shape index (κ2) is 8.99. The van der Waals surface area contributed by atoms with Crippen LogP contribution in [-0.4, -0.2) is 47.6 Å². The molecule has 0 amide bonds. The van der Waals surface area contributed by atoms with Gasteiger partial charge in [0.25, 0.3) is 5.19 Å². The number of piperidine rings is 1. The molecule has 0 unspecified atom stereocenters. The number of ether oxygens (including phenoxy) is 1. The lowest BCUT2D eigenvalue weighted by molar-refractivity contribution is 0.120. The van der Waals surface area contributed by atoms with Crippen LogP contribution in [0.1, 0.15) is 30.2 Å². The second-order valence-electron chi connectivity index (χ2n) is 6.58. The second-order valence-corrected chi connectivity index (χ2v) is 8.09. The van der Waals surface area contributed by atoms with Gasteiger partial charge in [0.1, 0.15) is 0 Å². The lowest BCUT2D eigenvalue weighted by Gasteiger charge is -2.36. The van der Waals surface area contributed by atoms with Crippen molar-refractivity contribution >= 4 is 22.9 Å². The molecule has 1 aliphatic heterocycles. The van der Waals surface area contributed by atoms with E-state index in [1.165, 1.54) is 23.3 Å². The van der Waals surface area contributed by atoms with Crippen LogP contribution < -0.4 is 4.74 Å². The molecule has 0 spiro atoms. The van der Waals surface area contributed by atoms with Gasteiger partial charge in [0, 0.05) is 48.3 Å². The Morgan fingerprint density at radius 2 is 2.16 bits per heavy atom. The highest BCUT2D eigenvalue weighted by Crippen LogP contribution is 2.24. The van der Waals surface area contributed by atoms with Crippen molar-refractivity contribution in [2.24, 2.45) is 0 Å². The van der Waals surface area contributed by atoms with Crippen molar-refractivity contribution in [3.63, 3.8) is 0 Å². The largest absolute Gasteiger partial charge is 0.470 e. The molecule has 1 aromatic heterocycles. The smallest absolute Gasteiger partial charge is 0.273 e. The van der Waals surface area contributed by atoms with Gasteiger partial charge in [0.05, 0.1) is 6.61 Å². The van der Waals surface area contributed by atoms with Crippen molar-refractivity contribution in [3.8, 4) is 5.19 Å². The summed E-state index contributed by atoms with van der Waals surface area (Å²) in [6, 6.07) is 8.81. The SMILES string of the molecule is CCOc1ncc(CN2CCC(N(C)Cc3cccc(Cl)c3)CC2)s1. The van der Waals surface area contributed by atoms with E-state index in [0.717, 1.165) is 36.4 Å². The van der Waals surface area contributed by atoms with Gasteiger partial charge in [-0.3, -0.25) is 9.80 Å². The summed E-state index contributed by atoms with van der Waals surface area (Å²) in [6.45, 7) is 6.87. The van der Waals surface area contributed by atoms with Gasteiger partial charge in [-0.1, -0.05) is 35.1 Å². The Morgan fingerprint density at radius 3 is 2.88 bits per heavy atom. The van der Waals surface area contributed by atoms with Gasteiger partial charge in [-0.05, 0) is 44.5 Å². The van der Waals surface area contributed by atoms with Crippen LogP contribution >= 0.6 is 22.9 Å². The third-order valence-corrected chi connectivity index (χ3v) is 5.81. The number of halogens is 1. The zero-order valence-electron chi connectivity index (χ0n) is 14.9. The normalized spacial score (nSPS) is 16.5. The van der Waals surface area contributed by atoms with Gasteiger partial charge in [0.2, 0.25) is 0 Å². The molecule has 0 bridgehead atoms. The zero-order chi connectivity index (χ0) is 17.6.